The molecule has 0 saturated heterocycles. The highest BCUT2D eigenvalue weighted by Gasteiger charge is 2.19. The maximum Gasteiger partial charge on any atom is 0.322 e. The molecule has 2 N–H and O–H groups in total. The van der Waals surface area contributed by atoms with Gasteiger partial charge in [-0.25, -0.2) is 0 Å². The minimum Gasteiger partial charge on any atom is -0.468 e. The minimum absolute atomic E-state index is 0.338. The Balaban J connectivity index is 2.85. The fourth-order valence-corrected chi connectivity index (χ4v) is 1.61. The van der Waals surface area contributed by atoms with E-state index in [1.54, 1.807) is 11.7 Å². The quantitative estimate of drug-likeness (QED) is 0.766. The van der Waals surface area contributed by atoms with Crippen LogP contribution in [-0.4, -0.2) is 28.9 Å². The van der Waals surface area contributed by atoms with Gasteiger partial charge in [-0.3, -0.25) is 9.48 Å². The van der Waals surface area contributed by atoms with Gasteiger partial charge in [0.15, 0.2) is 0 Å². The lowest BCUT2D eigenvalue weighted by Crippen LogP contribution is -2.33. The highest BCUT2D eigenvalue weighted by atomic mass is 35.5. The highest BCUT2D eigenvalue weighted by molar-refractivity contribution is 6.30. The van der Waals surface area contributed by atoms with Crippen LogP contribution in [0.5, 0.6) is 0 Å². The molecule has 1 heterocycles. The average Bonchev–Trinajstić information content (AvgIpc) is 2.43. The largest absolute Gasteiger partial charge is 0.468 e. The molecule has 0 aliphatic heterocycles. The first-order chi connectivity index (χ1) is 6.97. The molecule has 0 amide bonds. The van der Waals surface area contributed by atoms with Crippen molar-refractivity contribution in [1.29, 1.82) is 0 Å². The second kappa shape index (κ2) is 4.63. The van der Waals surface area contributed by atoms with Crippen molar-refractivity contribution in [2.75, 3.05) is 7.11 Å². The molecule has 0 aliphatic carbocycles. The zero-order valence-electron chi connectivity index (χ0n) is 8.95. The Labute approximate surface area is 93.1 Å². The Morgan fingerprint density at radius 2 is 2.33 bits per heavy atom. The maximum absolute atomic E-state index is 11.1. The van der Waals surface area contributed by atoms with Crippen LogP contribution in [0.2, 0.25) is 5.15 Å². The predicted octanol–water partition coefficient (Wildman–Crippen LogP) is 0.425. The van der Waals surface area contributed by atoms with E-state index in [9.17, 15) is 4.79 Å². The summed E-state index contributed by atoms with van der Waals surface area (Å²) < 4.78 is 6.09. The van der Waals surface area contributed by atoms with Crippen molar-refractivity contribution in [2.24, 2.45) is 12.8 Å². The van der Waals surface area contributed by atoms with E-state index < -0.39 is 12.0 Å². The van der Waals surface area contributed by atoms with Crippen LogP contribution in [0, 0.1) is 6.92 Å². The summed E-state index contributed by atoms with van der Waals surface area (Å²) in [5, 5.41) is 4.63. The topological polar surface area (TPSA) is 70.1 Å². The third-order valence-corrected chi connectivity index (χ3v) is 2.67. The predicted molar refractivity (Wildman–Crippen MR) is 56.7 cm³/mol. The smallest absolute Gasteiger partial charge is 0.322 e. The standard InChI is InChI=1S/C9H14ClN3O2/c1-5-6(8(10)13(2)12-5)4-7(11)9(14)15-3/h7H,4,11H2,1-3H3. The lowest BCUT2D eigenvalue weighted by molar-refractivity contribution is -0.142. The SMILES string of the molecule is COC(=O)C(N)Cc1c(C)nn(C)c1Cl. The number of esters is 1. The fourth-order valence-electron chi connectivity index (χ4n) is 1.36. The van der Waals surface area contributed by atoms with Crippen molar-refractivity contribution in [2.45, 2.75) is 19.4 Å². The third-order valence-electron chi connectivity index (χ3n) is 2.20. The van der Waals surface area contributed by atoms with Gasteiger partial charge in [0.05, 0.1) is 12.8 Å². The van der Waals surface area contributed by atoms with Crippen molar-refractivity contribution in [1.82, 2.24) is 9.78 Å². The molecule has 0 radical (unpaired) electrons. The van der Waals surface area contributed by atoms with Crippen molar-refractivity contribution in [3.05, 3.63) is 16.4 Å². The van der Waals surface area contributed by atoms with Crippen molar-refractivity contribution < 1.29 is 9.53 Å². The first-order valence-corrected chi connectivity index (χ1v) is 4.86. The number of carbonyl (C=O) groups is 1. The number of hydrogen-bond acceptors (Lipinski definition) is 4. The van der Waals surface area contributed by atoms with E-state index in [0.717, 1.165) is 11.3 Å². The van der Waals surface area contributed by atoms with E-state index in [4.69, 9.17) is 17.3 Å². The van der Waals surface area contributed by atoms with Gasteiger partial charge in [0.2, 0.25) is 0 Å². The van der Waals surface area contributed by atoms with E-state index in [1.165, 1.54) is 7.11 Å². The number of aryl methyl sites for hydroxylation is 2. The van der Waals surface area contributed by atoms with Crippen LogP contribution in [0.15, 0.2) is 0 Å². The first-order valence-electron chi connectivity index (χ1n) is 4.48. The Morgan fingerprint density at radius 1 is 1.73 bits per heavy atom. The number of rotatable bonds is 3. The van der Waals surface area contributed by atoms with Gasteiger partial charge >= 0.3 is 5.97 Å². The lowest BCUT2D eigenvalue weighted by Gasteiger charge is -2.08. The maximum atomic E-state index is 11.1. The Bertz CT molecular complexity index is 376. The fraction of sp³-hybridized carbons (Fsp3) is 0.556. The van der Waals surface area contributed by atoms with Gasteiger partial charge in [-0.05, 0) is 6.92 Å². The van der Waals surface area contributed by atoms with Crippen LogP contribution in [0.25, 0.3) is 0 Å². The second-order valence-corrected chi connectivity index (χ2v) is 3.67. The van der Waals surface area contributed by atoms with Crippen LogP contribution in [0.1, 0.15) is 11.3 Å². The Hall–Kier alpha value is -1.07. The van der Waals surface area contributed by atoms with Crippen molar-refractivity contribution >= 4 is 17.6 Å². The van der Waals surface area contributed by atoms with Gasteiger partial charge < -0.3 is 10.5 Å². The Kier molecular flexibility index (Phi) is 3.71. The summed E-state index contributed by atoms with van der Waals surface area (Å²) in [6.07, 6.45) is 0.338. The van der Waals surface area contributed by atoms with Gasteiger partial charge in [-0.2, -0.15) is 5.10 Å². The number of nitrogens with zero attached hydrogens (tertiary/aromatic N) is 2. The van der Waals surface area contributed by atoms with Crippen molar-refractivity contribution in [3.63, 3.8) is 0 Å². The molecule has 1 aromatic heterocycles. The number of methoxy groups -OCH3 is 1. The molecule has 0 fully saturated rings. The van der Waals surface area contributed by atoms with E-state index >= 15 is 0 Å². The summed E-state index contributed by atoms with van der Waals surface area (Å²) in [6, 6.07) is -0.699. The van der Waals surface area contributed by atoms with Crippen molar-refractivity contribution in [3.8, 4) is 0 Å². The van der Waals surface area contributed by atoms with Gasteiger partial charge in [-0.15, -0.1) is 0 Å². The van der Waals surface area contributed by atoms with Crippen LogP contribution in [0.4, 0.5) is 0 Å². The van der Waals surface area contributed by atoms with Gasteiger partial charge in [0.25, 0.3) is 0 Å². The monoisotopic (exact) mass is 231 g/mol. The number of aromatic nitrogens is 2. The molecule has 6 heteroatoms. The average molecular weight is 232 g/mol. The molecule has 0 aliphatic rings. The number of ether oxygens (including phenoxy) is 1. The molecule has 0 bridgehead atoms. The van der Waals surface area contributed by atoms with E-state index in [0.29, 0.717) is 11.6 Å². The number of hydrogen-bond donors (Lipinski definition) is 1. The van der Waals surface area contributed by atoms with Crippen LogP contribution in [0.3, 0.4) is 0 Å². The zero-order chi connectivity index (χ0) is 11.6. The molecule has 15 heavy (non-hydrogen) atoms. The summed E-state index contributed by atoms with van der Waals surface area (Å²) in [5.41, 5.74) is 7.21. The number of halogens is 1. The summed E-state index contributed by atoms with van der Waals surface area (Å²) >= 11 is 6.00. The summed E-state index contributed by atoms with van der Waals surface area (Å²) in [4.78, 5) is 11.1. The molecule has 1 aromatic rings. The molecular weight excluding hydrogens is 218 g/mol. The summed E-state index contributed by atoms with van der Waals surface area (Å²) in [7, 11) is 3.04. The molecule has 0 saturated carbocycles. The van der Waals surface area contributed by atoms with Gasteiger partial charge in [0, 0.05) is 19.0 Å². The molecule has 0 spiro atoms. The van der Waals surface area contributed by atoms with E-state index in [-0.39, 0.29) is 0 Å². The van der Waals surface area contributed by atoms with Gasteiger partial charge in [0.1, 0.15) is 11.2 Å². The van der Waals surface area contributed by atoms with Crippen LogP contribution in [-0.2, 0) is 23.0 Å². The summed E-state index contributed by atoms with van der Waals surface area (Å²) in [5.74, 6) is -0.450. The van der Waals surface area contributed by atoms with Crippen LogP contribution >= 0.6 is 11.6 Å². The first kappa shape index (κ1) is 12.0. The molecule has 1 unspecified atom stereocenters. The summed E-state index contributed by atoms with van der Waals surface area (Å²) in [6.45, 7) is 1.82. The van der Waals surface area contributed by atoms with Gasteiger partial charge in [-0.1, -0.05) is 11.6 Å². The molecule has 0 aromatic carbocycles. The molecule has 5 nitrogen and oxygen atoms in total. The number of carbonyl (C=O) groups excluding carboxylic acids is 1. The highest BCUT2D eigenvalue weighted by Crippen LogP contribution is 2.19. The second-order valence-electron chi connectivity index (χ2n) is 3.31. The molecule has 1 atom stereocenters. The normalized spacial score (nSPS) is 12.6. The lowest BCUT2D eigenvalue weighted by atomic mass is 10.1. The van der Waals surface area contributed by atoms with E-state index in [2.05, 4.69) is 9.84 Å². The number of nitrogens with two attached hydrogens (primary N) is 1. The zero-order valence-corrected chi connectivity index (χ0v) is 9.71. The van der Waals surface area contributed by atoms with Crippen LogP contribution < -0.4 is 5.73 Å². The third kappa shape index (κ3) is 2.49. The van der Waals surface area contributed by atoms with E-state index in [1.807, 2.05) is 6.92 Å². The molecule has 1 rings (SSSR count). The Morgan fingerprint density at radius 3 is 2.73 bits per heavy atom. The molecular formula is C9H14ClN3O2. The molecule has 84 valence electrons. The minimum atomic E-state index is -0.699.